The van der Waals surface area contributed by atoms with E-state index in [2.05, 4.69) is 4.98 Å². The van der Waals surface area contributed by atoms with Crippen LogP contribution in [0.3, 0.4) is 0 Å². The molecule has 0 spiro atoms. The number of hydrogen-bond donors (Lipinski definition) is 0. The summed E-state index contributed by atoms with van der Waals surface area (Å²) in [6.07, 6.45) is 1.44. The molecule has 0 unspecified atom stereocenters. The zero-order chi connectivity index (χ0) is 13.1. The molecule has 18 heavy (non-hydrogen) atoms. The molecule has 0 bridgehead atoms. The van der Waals surface area contributed by atoms with E-state index >= 15 is 0 Å². The van der Waals surface area contributed by atoms with Crippen LogP contribution in [0.2, 0.25) is 10.0 Å². The van der Waals surface area contributed by atoms with E-state index in [9.17, 15) is 4.79 Å². The van der Waals surface area contributed by atoms with Crippen molar-refractivity contribution in [3.05, 3.63) is 57.8 Å². The molecule has 5 heteroatoms. The molecular weight excluding hydrogens is 273 g/mol. The summed E-state index contributed by atoms with van der Waals surface area (Å²) < 4.78 is 5.18. The van der Waals surface area contributed by atoms with Crippen molar-refractivity contribution in [2.45, 2.75) is 6.92 Å². The topological polar surface area (TPSA) is 39.2 Å². The number of aromatic nitrogens is 1. The van der Waals surface area contributed by atoms with Crippen LogP contribution in [0.25, 0.3) is 0 Å². The molecule has 3 nitrogen and oxygen atoms in total. The fourth-order valence-corrected chi connectivity index (χ4v) is 1.67. The second-order valence-corrected chi connectivity index (χ2v) is 4.53. The number of ether oxygens (including phenoxy) is 1. The van der Waals surface area contributed by atoms with Gasteiger partial charge in [-0.3, -0.25) is 0 Å². The highest BCUT2D eigenvalue weighted by molar-refractivity contribution is 6.32. The maximum absolute atomic E-state index is 11.8. The number of benzene rings is 1. The van der Waals surface area contributed by atoms with Crippen molar-refractivity contribution in [3.8, 4) is 5.75 Å². The van der Waals surface area contributed by atoms with Gasteiger partial charge in [0, 0.05) is 11.2 Å². The number of rotatable bonds is 2. The van der Waals surface area contributed by atoms with Crippen LogP contribution < -0.4 is 4.74 Å². The number of aryl methyl sites for hydroxylation is 1. The third-order valence-electron chi connectivity index (χ3n) is 2.22. The zero-order valence-electron chi connectivity index (χ0n) is 9.48. The third kappa shape index (κ3) is 3.00. The van der Waals surface area contributed by atoms with Crippen molar-refractivity contribution in [1.82, 2.24) is 4.98 Å². The van der Waals surface area contributed by atoms with Gasteiger partial charge in [-0.15, -0.1) is 0 Å². The summed E-state index contributed by atoms with van der Waals surface area (Å²) in [5.74, 6) is -0.284. The van der Waals surface area contributed by atoms with Crippen LogP contribution in [0, 0.1) is 6.92 Å². The van der Waals surface area contributed by atoms with E-state index in [0.29, 0.717) is 15.8 Å². The summed E-state index contributed by atoms with van der Waals surface area (Å²) in [5, 5.41) is 0.795. The second-order valence-electron chi connectivity index (χ2n) is 3.68. The lowest BCUT2D eigenvalue weighted by molar-refractivity contribution is 0.0728. The van der Waals surface area contributed by atoms with Crippen molar-refractivity contribution in [3.63, 3.8) is 0 Å². The molecule has 1 aromatic carbocycles. The standard InChI is InChI=1S/C13H9Cl2NO2/c1-8-2-3-10(15)12(6-8)18-13(17)11-7-9(14)4-5-16-11/h2-7H,1H3. The quantitative estimate of drug-likeness (QED) is 0.619. The van der Waals surface area contributed by atoms with Crippen LogP contribution in [0.15, 0.2) is 36.5 Å². The van der Waals surface area contributed by atoms with E-state index in [0.717, 1.165) is 5.56 Å². The van der Waals surface area contributed by atoms with E-state index in [1.165, 1.54) is 12.3 Å². The first-order chi connectivity index (χ1) is 8.56. The predicted octanol–water partition coefficient (Wildman–Crippen LogP) is 3.92. The smallest absolute Gasteiger partial charge is 0.362 e. The van der Waals surface area contributed by atoms with Gasteiger partial charge in [0.05, 0.1) is 5.02 Å². The van der Waals surface area contributed by atoms with Gasteiger partial charge in [-0.25, -0.2) is 9.78 Å². The highest BCUT2D eigenvalue weighted by Gasteiger charge is 2.12. The Hall–Kier alpha value is -1.58. The van der Waals surface area contributed by atoms with Crippen LogP contribution >= 0.6 is 23.2 Å². The highest BCUT2D eigenvalue weighted by Crippen LogP contribution is 2.26. The maximum Gasteiger partial charge on any atom is 0.362 e. The minimum atomic E-state index is -0.593. The van der Waals surface area contributed by atoms with E-state index in [1.807, 2.05) is 13.0 Å². The van der Waals surface area contributed by atoms with Crippen LogP contribution in [0.1, 0.15) is 16.1 Å². The van der Waals surface area contributed by atoms with E-state index in [4.69, 9.17) is 27.9 Å². The average Bonchev–Trinajstić information content (AvgIpc) is 2.34. The molecule has 0 aliphatic carbocycles. The van der Waals surface area contributed by atoms with Gasteiger partial charge in [0.1, 0.15) is 11.4 Å². The normalized spacial score (nSPS) is 10.2. The van der Waals surface area contributed by atoms with Crippen LogP contribution in [0.5, 0.6) is 5.75 Å². The molecule has 0 fully saturated rings. The Balaban J connectivity index is 2.24. The first-order valence-electron chi connectivity index (χ1n) is 5.16. The highest BCUT2D eigenvalue weighted by atomic mass is 35.5. The average molecular weight is 282 g/mol. The van der Waals surface area contributed by atoms with E-state index < -0.39 is 5.97 Å². The monoisotopic (exact) mass is 281 g/mol. The fraction of sp³-hybridized carbons (Fsp3) is 0.0769. The number of nitrogens with zero attached hydrogens (tertiary/aromatic N) is 1. The molecule has 1 heterocycles. The Kier molecular flexibility index (Phi) is 3.84. The number of pyridine rings is 1. The van der Waals surface area contributed by atoms with Gasteiger partial charge in [0.15, 0.2) is 0 Å². The van der Waals surface area contributed by atoms with E-state index in [1.54, 1.807) is 18.2 Å². The van der Waals surface area contributed by atoms with Crippen molar-refractivity contribution in [2.24, 2.45) is 0 Å². The lowest BCUT2D eigenvalue weighted by Crippen LogP contribution is -2.10. The minimum Gasteiger partial charge on any atom is -0.420 e. The molecule has 0 aliphatic heterocycles. The van der Waals surface area contributed by atoms with Crippen molar-refractivity contribution in [1.29, 1.82) is 0 Å². The van der Waals surface area contributed by atoms with Crippen molar-refractivity contribution < 1.29 is 9.53 Å². The minimum absolute atomic E-state index is 0.139. The predicted molar refractivity (Wildman–Crippen MR) is 70.4 cm³/mol. The van der Waals surface area contributed by atoms with Crippen molar-refractivity contribution >= 4 is 29.2 Å². The fourth-order valence-electron chi connectivity index (χ4n) is 1.36. The van der Waals surface area contributed by atoms with Gasteiger partial charge in [0.25, 0.3) is 0 Å². The van der Waals surface area contributed by atoms with Gasteiger partial charge in [0.2, 0.25) is 0 Å². The summed E-state index contributed by atoms with van der Waals surface area (Å²) in [7, 11) is 0. The molecule has 0 amide bonds. The molecular formula is C13H9Cl2NO2. The molecule has 2 aromatic rings. The first kappa shape index (κ1) is 12.9. The molecule has 0 saturated heterocycles. The summed E-state index contributed by atoms with van der Waals surface area (Å²) in [4.78, 5) is 15.7. The Morgan fingerprint density at radius 3 is 2.72 bits per heavy atom. The molecule has 0 aliphatic rings. The lowest BCUT2D eigenvalue weighted by Gasteiger charge is -2.06. The number of hydrogen-bond acceptors (Lipinski definition) is 3. The van der Waals surface area contributed by atoms with Gasteiger partial charge < -0.3 is 4.74 Å². The number of halogens is 2. The summed E-state index contributed by atoms with van der Waals surface area (Å²) in [6.45, 7) is 1.88. The van der Waals surface area contributed by atoms with E-state index in [-0.39, 0.29) is 5.69 Å². The Labute approximate surface area is 114 Å². The molecule has 2 rings (SSSR count). The molecule has 0 N–H and O–H groups in total. The molecule has 92 valence electrons. The zero-order valence-corrected chi connectivity index (χ0v) is 11.0. The molecule has 0 radical (unpaired) electrons. The Morgan fingerprint density at radius 2 is 2.00 bits per heavy atom. The number of carbonyl (C=O) groups excluding carboxylic acids is 1. The molecule has 1 aromatic heterocycles. The van der Waals surface area contributed by atoms with Crippen LogP contribution in [-0.2, 0) is 0 Å². The Morgan fingerprint density at radius 1 is 1.22 bits per heavy atom. The van der Waals surface area contributed by atoms with Crippen LogP contribution in [0.4, 0.5) is 0 Å². The summed E-state index contributed by atoms with van der Waals surface area (Å²) >= 11 is 11.7. The number of esters is 1. The Bertz CT molecular complexity index is 599. The van der Waals surface area contributed by atoms with Gasteiger partial charge in [-0.05, 0) is 36.8 Å². The lowest BCUT2D eigenvalue weighted by atomic mass is 10.2. The molecule has 0 atom stereocenters. The van der Waals surface area contributed by atoms with Gasteiger partial charge in [-0.1, -0.05) is 29.3 Å². The van der Waals surface area contributed by atoms with Crippen LogP contribution in [-0.4, -0.2) is 11.0 Å². The van der Waals surface area contributed by atoms with Gasteiger partial charge >= 0.3 is 5.97 Å². The summed E-state index contributed by atoms with van der Waals surface area (Å²) in [6, 6.07) is 8.21. The SMILES string of the molecule is Cc1ccc(Cl)c(OC(=O)c2cc(Cl)ccn2)c1. The third-order valence-corrected chi connectivity index (χ3v) is 2.77. The number of carbonyl (C=O) groups is 1. The van der Waals surface area contributed by atoms with Gasteiger partial charge in [-0.2, -0.15) is 0 Å². The second kappa shape index (κ2) is 5.38. The van der Waals surface area contributed by atoms with Crippen molar-refractivity contribution in [2.75, 3.05) is 0 Å². The largest absolute Gasteiger partial charge is 0.420 e. The summed E-state index contributed by atoms with van der Waals surface area (Å²) in [5.41, 5.74) is 1.08. The first-order valence-corrected chi connectivity index (χ1v) is 5.92. The maximum atomic E-state index is 11.8. The molecule has 0 saturated carbocycles.